The minimum atomic E-state index is -3.31. The summed E-state index contributed by atoms with van der Waals surface area (Å²) in [6.45, 7) is 2.29. The molecule has 2 aromatic rings. The highest BCUT2D eigenvalue weighted by Crippen LogP contribution is 2.19. The molecule has 0 saturated carbocycles. The van der Waals surface area contributed by atoms with Gasteiger partial charge in [0.05, 0.1) is 18.4 Å². The van der Waals surface area contributed by atoms with Crippen LogP contribution in [0.2, 0.25) is 0 Å². The third-order valence-corrected chi connectivity index (χ3v) is 3.80. The standard InChI is InChI=1S/C13H16N2O3S/c1-3-18-13(14)9-10-4-5-11-6-7-15(12(11)8-10)19(2,16)17/h4-8,14H,3,9H2,1-2H3. The number of ether oxygens (including phenoxy) is 1. The van der Waals surface area contributed by atoms with Gasteiger partial charge in [0.2, 0.25) is 10.0 Å². The lowest BCUT2D eigenvalue weighted by Gasteiger charge is -2.06. The van der Waals surface area contributed by atoms with E-state index in [1.54, 1.807) is 12.1 Å². The van der Waals surface area contributed by atoms with E-state index in [0.29, 0.717) is 18.5 Å². The molecule has 19 heavy (non-hydrogen) atoms. The number of aromatic nitrogens is 1. The first-order valence-electron chi connectivity index (χ1n) is 5.92. The first-order valence-corrected chi connectivity index (χ1v) is 7.77. The highest BCUT2D eigenvalue weighted by atomic mass is 32.2. The Morgan fingerprint density at radius 1 is 1.37 bits per heavy atom. The zero-order valence-electron chi connectivity index (χ0n) is 10.9. The van der Waals surface area contributed by atoms with Crippen LogP contribution in [0.25, 0.3) is 10.9 Å². The monoisotopic (exact) mass is 280 g/mol. The van der Waals surface area contributed by atoms with Gasteiger partial charge >= 0.3 is 0 Å². The smallest absolute Gasteiger partial charge is 0.236 e. The first-order chi connectivity index (χ1) is 8.91. The molecular weight excluding hydrogens is 264 g/mol. The summed E-state index contributed by atoms with van der Waals surface area (Å²) in [6, 6.07) is 7.27. The molecule has 0 atom stereocenters. The van der Waals surface area contributed by atoms with Crippen LogP contribution in [-0.4, -0.2) is 31.2 Å². The fraction of sp³-hybridized carbons (Fsp3) is 0.308. The molecule has 0 fully saturated rings. The summed E-state index contributed by atoms with van der Waals surface area (Å²) in [5.74, 6) is 0.180. The molecule has 2 rings (SSSR count). The molecule has 6 heteroatoms. The van der Waals surface area contributed by atoms with Crippen LogP contribution in [0, 0.1) is 5.41 Å². The van der Waals surface area contributed by atoms with Gasteiger partial charge in [0, 0.05) is 18.0 Å². The Bertz CT molecular complexity index is 717. The first kappa shape index (κ1) is 13.6. The molecule has 0 aliphatic heterocycles. The Kier molecular flexibility index (Phi) is 3.61. The predicted octanol–water partition coefficient (Wildman–Crippen LogP) is 2.01. The lowest BCUT2D eigenvalue weighted by Crippen LogP contribution is -2.09. The molecule has 0 radical (unpaired) electrons. The van der Waals surface area contributed by atoms with Crippen molar-refractivity contribution in [2.75, 3.05) is 12.9 Å². The SMILES string of the molecule is CCOC(=N)Cc1ccc2ccn(S(C)(=O)=O)c2c1. The van der Waals surface area contributed by atoms with Crippen LogP contribution in [0.3, 0.4) is 0 Å². The summed E-state index contributed by atoms with van der Waals surface area (Å²) >= 11 is 0. The normalized spacial score (nSPS) is 11.7. The maximum atomic E-state index is 11.6. The van der Waals surface area contributed by atoms with E-state index in [4.69, 9.17) is 10.1 Å². The van der Waals surface area contributed by atoms with Gasteiger partial charge in [-0.1, -0.05) is 12.1 Å². The van der Waals surface area contributed by atoms with Crippen molar-refractivity contribution in [3.8, 4) is 0 Å². The lowest BCUT2D eigenvalue weighted by molar-refractivity contribution is 0.317. The molecule has 0 amide bonds. The van der Waals surface area contributed by atoms with Crippen molar-refractivity contribution in [2.45, 2.75) is 13.3 Å². The molecule has 1 aromatic heterocycles. The summed E-state index contributed by atoms with van der Waals surface area (Å²) in [5.41, 5.74) is 1.49. The maximum absolute atomic E-state index is 11.6. The van der Waals surface area contributed by atoms with Gasteiger partial charge in [-0.2, -0.15) is 0 Å². The summed E-state index contributed by atoms with van der Waals surface area (Å²) in [7, 11) is -3.31. The molecule has 102 valence electrons. The van der Waals surface area contributed by atoms with Crippen molar-refractivity contribution in [3.63, 3.8) is 0 Å². The third kappa shape index (κ3) is 2.96. The van der Waals surface area contributed by atoms with Gasteiger partial charge in [0.1, 0.15) is 0 Å². The van der Waals surface area contributed by atoms with Gasteiger partial charge in [0.15, 0.2) is 5.90 Å². The minimum Gasteiger partial charge on any atom is -0.481 e. The van der Waals surface area contributed by atoms with Crippen LogP contribution in [0.5, 0.6) is 0 Å². The van der Waals surface area contributed by atoms with Gasteiger partial charge in [0.25, 0.3) is 0 Å². The molecule has 1 heterocycles. The van der Waals surface area contributed by atoms with Gasteiger partial charge in [-0.25, -0.2) is 12.4 Å². The van der Waals surface area contributed by atoms with Crippen LogP contribution >= 0.6 is 0 Å². The number of nitrogens with zero attached hydrogens (tertiary/aromatic N) is 1. The quantitative estimate of drug-likeness (QED) is 0.687. The van der Waals surface area contributed by atoms with E-state index in [9.17, 15) is 8.42 Å². The largest absolute Gasteiger partial charge is 0.481 e. The van der Waals surface area contributed by atoms with Gasteiger partial charge in [-0.15, -0.1) is 0 Å². The molecule has 1 N–H and O–H groups in total. The fourth-order valence-corrected chi connectivity index (χ4v) is 2.76. The molecular formula is C13H16N2O3S. The van der Waals surface area contributed by atoms with Crippen molar-refractivity contribution < 1.29 is 13.2 Å². The number of hydrogen-bond acceptors (Lipinski definition) is 4. The fourth-order valence-electron chi connectivity index (χ4n) is 1.96. The number of nitrogens with one attached hydrogen (secondary N) is 1. The Morgan fingerprint density at radius 2 is 2.11 bits per heavy atom. The Morgan fingerprint density at radius 3 is 2.74 bits per heavy atom. The zero-order chi connectivity index (χ0) is 14.0. The van der Waals surface area contributed by atoms with E-state index in [2.05, 4.69) is 0 Å². The van der Waals surface area contributed by atoms with Crippen LogP contribution in [-0.2, 0) is 21.2 Å². The minimum absolute atomic E-state index is 0.180. The van der Waals surface area contributed by atoms with Crippen LogP contribution in [0.15, 0.2) is 30.5 Å². The maximum Gasteiger partial charge on any atom is 0.236 e. The second-order valence-electron chi connectivity index (χ2n) is 4.30. The van der Waals surface area contributed by atoms with E-state index >= 15 is 0 Å². The van der Waals surface area contributed by atoms with E-state index in [0.717, 1.165) is 10.9 Å². The van der Waals surface area contributed by atoms with Crippen molar-refractivity contribution in [2.24, 2.45) is 0 Å². The van der Waals surface area contributed by atoms with Gasteiger partial charge in [-0.05, 0) is 24.6 Å². The van der Waals surface area contributed by atoms with Crippen LogP contribution in [0.1, 0.15) is 12.5 Å². The average Bonchev–Trinajstić information content (AvgIpc) is 2.71. The second kappa shape index (κ2) is 5.05. The summed E-state index contributed by atoms with van der Waals surface area (Å²) in [6.07, 6.45) is 3.07. The molecule has 0 spiro atoms. The molecule has 0 aliphatic rings. The second-order valence-corrected chi connectivity index (χ2v) is 6.16. The van der Waals surface area contributed by atoms with Gasteiger partial charge in [-0.3, -0.25) is 5.41 Å². The highest BCUT2D eigenvalue weighted by Gasteiger charge is 2.10. The molecule has 0 unspecified atom stereocenters. The summed E-state index contributed by atoms with van der Waals surface area (Å²) < 4.78 is 29.6. The van der Waals surface area contributed by atoms with Crippen molar-refractivity contribution in [1.82, 2.24) is 3.97 Å². The molecule has 0 saturated heterocycles. The van der Waals surface area contributed by atoms with Crippen molar-refractivity contribution in [1.29, 1.82) is 5.41 Å². The van der Waals surface area contributed by atoms with E-state index in [1.165, 1.54) is 16.4 Å². The number of hydrogen-bond donors (Lipinski definition) is 1. The molecule has 1 aromatic carbocycles. The van der Waals surface area contributed by atoms with Crippen molar-refractivity contribution in [3.05, 3.63) is 36.0 Å². The topological polar surface area (TPSA) is 72.2 Å². The number of rotatable bonds is 4. The van der Waals surface area contributed by atoms with E-state index < -0.39 is 10.0 Å². The van der Waals surface area contributed by atoms with E-state index in [1.807, 2.05) is 19.1 Å². The highest BCUT2D eigenvalue weighted by molar-refractivity contribution is 7.89. The zero-order valence-corrected chi connectivity index (χ0v) is 11.7. The third-order valence-electron chi connectivity index (χ3n) is 2.76. The summed E-state index contributed by atoms with van der Waals surface area (Å²) in [4.78, 5) is 0. The van der Waals surface area contributed by atoms with Crippen LogP contribution < -0.4 is 0 Å². The molecule has 0 bridgehead atoms. The Balaban J connectivity index is 2.42. The predicted molar refractivity (Wildman–Crippen MR) is 75.2 cm³/mol. The summed E-state index contributed by atoms with van der Waals surface area (Å²) in [5, 5.41) is 8.48. The van der Waals surface area contributed by atoms with Crippen molar-refractivity contribution >= 4 is 26.8 Å². The average molecular weight is 280 g/mol. The van der Waals surface area contributed by atoms with Gasteiger partial charge < -0.3 is 4.74 Å². The Hall–Kier alpha value is -1.82. The number of fused-ring (bicyclic) bond motifs is 1. The van der Waals surface area contributed by atoms with E-state index in [-0.39, 0.29) is 5.90 Å². The molecule has 5 nitrogen and oxygen atoms in total. The Labute approximate surface area is 112 Å². The lowest BCUT2D eigenvalue weighted by atomic mass is 10.1. The van der Waals surface area contributed by atoms with Crippen LogP contribution in [0.4, 0.5) is 0 Å². The number of benzene rings is 1. The molecule has 0 aliphatic carbocycles.